The Bertz CT molecular complexity index is 945. The lowest BCUT2D eigenvalue weighted by Crippen LogP contribution is -2.61. The van der Waals surface area contributed by atoms with Crippen molar-refractivity contribution in [1.29, 1.82) is 0 Å². The van der Waals surface area contributed by atoms with Crippen LogP contribution >= 0.6 is 0 Å². The van der Waals surface area contributed by atoms with Crippen molar-refractivity contribution in [2.75, 3.05) is 6.54 Å². The van der Waals surface area contributed by atoms with Crippen molar-refractivity contribution in [3.8, 4) is 11.3 Å². The average Bonchev–Trinajstić information content (AvgIpc) is 3.06. The molecule has 1 aromatic carbocycles. The van der Waals surface area contributed by atoms with Crippen molar-refractivity contribution in [3.63, 3.8) is 0 Å². The Kier molecular flexibility index (Phi) is 6.48. The molecule has 3 rings (SSSR count). The van der Waals surface area contributed by atoms with Gasteiger partial charge in [-0.1, -0.05) is 32.3 Å². The molecule has 162 valence electrons. The van der Waals surface area contributed by atoms with Crippen LogP contribution in [0.25, 0.3) is 11.3 Å². The van der Waals surface area contributed by atoms with Gasteiger partial charge in [-0.15, -0.1) is 0 Å². The van der Waals surface area contributed by atoms with Gasteiger partial charge in [-0.05, 0) is 37.0 Å². The summed E-state index contributed by atoms with van der Waals surface area (Å²) in [6.07, 6.45) is 1.89. The summed E-state index contributed by atoms with van der Waals surface area (Å²) in [6.45, 7) is 6.03. The number of halogens is 3. The van der Waals surface area contributed by atoms with E-state index >= 15 is 0 Å². The van der Waals surface area contributed by atoms with Crippen LogP contribution in [0, 0.1) is 23.4 Å². The fraction of sp³-hybridized carbons (Fsp3) is 0.476. The number of rotatable bonds is 6. The Morgan fingerprint density at radius 3 is 2.67 bits per heavy atom. The van der Waals surface area contributed by atoms with Crippen LogP contribution in [0.4, 0.5) is 13.2 Å². The van der Waals surface area contributed by atoms with Crippen LogP contribution in [0.2, 0.25) is 0 Å². The topological polar surface area (TPSA) is 75.4 Å². The molecule has 2 aromatic rings. The Morgan fingerprint density at radius 1 is 1.30 bits per heavy atom. The highest BCUT2D eigenvalue weighted by Gasteiger charge is 2.40. The lowest BCUT2D eigenvalue weighted by Gasteiger charge is -2.39. The van der Waals surface area contributed by atoms with Gasteiger partial charge in [-0.25, -0.2) is 8.78 Å². The van der Waals surface area contributed by atoms with Crippen LogP contribution < -0.4 is 5.32 Å². The number of hydrogen-bond acceptors (Lipinski definition) is 4. The first-order valence-corrected chi connectivity index (χ1v) is 9.94. The van der Waals surface area contributed by atoms with Crippen LogP contribution in [0.1, 0.15) is 50.5 Å². The Hall–Kier alpha value is -2.84. The number of nitrogens with one attached hydrogen (secondary N) is 1. The van der Waals surface area contributed by atoms with Crippen LogP contribution in [0.15, 0.2) is 22.7 Å². The van der Waals surface area contributed by atoms with Crippen molar-refractivity contribution in [1.82, 2.24) is 15.4 Å². The van der Waals surface area contributed by atoms with E-state index in [0.29, 0.717) is 12.8 Å². The largest absolute Gasteiger partial charge is 0.352 e. The number of piperazine rings is 1. The zero-order chi connectivity index (χ0) is 22.0. The number of carbonyl (C=O) groups excluding carboxylic acids is 2. The molecule has 0 radical (unpaired) electrons. The second kappa shape index (κ2) is 8.89. The summed E-state index contributed by atoms with van der Waals surface area (Å²) in [5, 5.41) is 6.46. The van der Waals surface area contributed by atoms with Gasteiger partial charge in [0.25, 0.3) is 5.91 Å². The van der Waals surface area contributed by atoms with E-state index in [0.717, 1.165) is 24.6 Å². The molecule has 1 saturated heterocycles. The van der Waals surface area contributed by atoms with Gasteiger partial charge < -0.3 is 14.7 Å². The summed E-state index contributed by atoms with van der Waals surface area (Å²) in [7, 11) is 0. The Labute approximate surface area is 172 Å². The molecular weight excluding hydrogens is 399 g/mol. The van der Waals surface area contributed by atoms with Crippen molar-refractivity contribution >= 4 is 11.8 Å². The predicted molar refractivity (Wildman–Crippen MR) is 103 cm³/mol. The highest BCUT2D eigenvalue weighted by Crippen LogP contribution is 2.28. The number of hydrogen-bond donors (Lipinski definition) is 1. The molecule has 1 N–H and O–H groups in total. The molecule has 9 heteroatoms. The molecule has 2 heterocycles. The van der Waals surface area contributed by atoms with Crippen LogP contribution in [-0.2, 0) is 4.79 Å². The molecule has 0 saturated carbocycles. The molecule has 30 heavy (non-hydrogen) atoms. The molecule has 6 nitrogen and oxygen atoms in total. The van der Waals surface area contributed by atoms with Gasteiger partial charge in [-0.3, -0.25) is 9.59 Å². The first-order valence-electron chi connectivity index (χ1n) is 9.94. The van der Waals surface area contributed by atoms with Crippen LogP contribution in [0.5, 0.6) is 0 Å². The maximum atomic E-state index is 15.0. The molecule has 1 aliphatic heterocycles. The third-order valence-corrected chi connectivity index (χ3v) is 5.05. The molecule has 1 fully saturated rings. The lowest BCUT2D eigenvalue weighted by molar-refractivity contribution is -0.130. The number of benzene rings is 1. The van der Waals surface area contributed by atoms with Crippen LogP contribution in [0.3, 0.4) is 0 Å². The number of aromatic nitrogens is 1. The zero-order valence-corrected chi connectivity index (χ0v) is 17.0. The van der Waals surface area contributed by atoms with Gasteiger partial charge in [0, 0.05) is 18.2 Å². The number of nitrogens with zero attached hydrogens (tertiary/aromatic N) is 2. The van der Waals surface area contributed by atoms with Gasteiger partial charge in [0.2, 0.25) is 23.2 Å². The third-order valence-electron chi connectivity index (χ3n) is 5.05. The maximum Gasteiger partial charge on any atom is 0.279 e. The Morgan fingerprint density at radius 2 is 2.03 bits per heavy atom. The van der Waals surface area contributed by atoms with Gasteiger partial charge in [0.15, 0.2) is 11.6 Å². The van der Waals surface area contributed by atoms with Gasteiger partial charge in [0.05, 0.1) is 0 Å². The molecule has 0 aliphatic carbocycles. The minimum atomic E-state index is -1.18. The normalized spacial score (nSPS) is 19.3. The van der Waals surface area contributed by atoms with E-state index in [9.17, 15) is 22.8 Å². The highest BCUT2D eigenvalue weighted by molar-refractivity contribution is 5.97. The van der Waals surface area contributed by atoms with E-state index in [1.807, 2.05) is 20.8 Å². The second-order valence-corrected chi connectivity index (χ2v) is 7.90. The summed E-state index contributed by atoms with van der Waals surface area (Å²) in [6, 6.07) is 1.73. The van der Waals surface area contributed by atoms with Crippen molar-refractivity contribution in [3.05, 3.63) is 41.3 Å². The quantitative estimate of drug-likeness (QED) is 0.764. The van der Waals surface area contributed by atoms with Crippen molar-refractivity contribution in [2.24, 2.45) is 5.92 Å². The third kappa shape index (κ3) is 4.34. The van der Waals surface area contributed by atoms with E-state index in [4.69, 9.17) is 4.52 Å². The standard InChI is InChI=1S/C21H24F3N3O3/c1-4-5-13-10-27(16(8-11(2)3)20(28)25-13)21(29)18-17(24)19(30-26-18)12-6-7-14(22)15(23)9-12/h6-7,9,11,13,16H,4-5,8,10H2,1-3H3,(H,25,28). The first-order chi connectivity index (χ1) is 14.2. The molecular formula is C21H24F3N3O3. The second-order valence-electron chi connectivity index (χ2n) is 7.90. The molecule has 1 aliphatic rings. The molecule has 2 amide bonds. The summed E-state index contributed by atoms with van der Waals surface area (Å²) in [5.41, 5.74) is -0.676. The number of carbonyl (C=O) groups is 2. The zero-order valence-electron chi connectivity index (χ0n) is 17.0. The smallest absolute Gasteiger partial charge is 0.279 e. The summed E-state index contributed by atoms with van der Waals surface area (Å²) >= 11 is 0. The molecule has 2 atom stereocenters. The first kappa shape index (κ1) is 21.9. The van der Waals surface area contributed by atoms with E-state index in [1.165, 1.54) is 4.90 Å². The van der Waals surface area contributed by atoms with Gasteiger partial charge in [-0.2, -0.15) is 4.39 Å². The SMILES string of the molecule is CCCC1CN(C(=O)c2noc(-c3ccc(F)c(F)c3)c2F)C(CC(C)C)C(=O)N1. The lowest BCUT2D eigenvalue weighted by atomic mass is 9.96. The summed E-state index contributed by atoms with van der Waals surface area (Å²) < 4.78 is 46.6. The molecule has 2 unspecified atom stereocenters. The van der Waals surface area contributed by atoms with Crippen LogP contribution in [-0.4, -0.2) is 40.5 Å². The molecule has 0 spiro atoms. The predicted octanol–water partition coefficient (Wildman–Crippen LogP) is 3.91. The van der Waals surface area contributed by atoms with Gasteiger partial charge in [0.1, 0.15) is 6.04 Å². The number of amides is 2. The fourth-order valence-electron chi connectivity index (χ4n) is 3.63. The molecule has 0 bridgehead atoms. The minimum Gasteiger partial charge on any atom is -0.352 e. The highest BCUT2D eigenvalue weighted by atomic mass is 19.2. The average molecular weight is 423 g/mol. The molecule has 1 aromatic heterocycles. The minimum absolute atomic E-state index is 0.0862. The fourth-order valence-corrected chi connectivity index (χ4v) is 3.63. The van der Waals surface area contributed by atoms with Gasteiger partial charge >= 0.3 is 0 Å². The maximum absolute atomic E-state index is 15.0. The van der Waals surface area contributed by atoms with E-state index in [-0.39, 0.29) is 30.0 Å². The Balaban J connectivity index is 1.93. The summed E-state index contributed by atoms with van der Waals surface area (Å²) in [5.74, 6) is -4.75. The van der Waals surface area contributed by atoms with Crippen molar-refractivity contribution < 1.29 is 27.3 Å². The van der Waals surface area contributed by atoms with E-state index in [2.05, 4.69) is 10.5 Å². The van der Waals surface area contributed by atoms with Crippen molar-refractivity contribution in [2.45, 2.75) is 52.1 Å². The summed E-state index contributed by atoms with van der Waals surface area (Å²) in [4.78, 5) is 27.1. The monoisotopic (exact) mass is 423 g/mol. The van der Waals surface area contributed by atoms with E-state index in [1.54, 1.807) is 0 Å². The van der Waals surface area contributed by atoms with E-state index < -0.39 is 40.9 Å².